The molecule has 1 fully saturated rings. The molecule has 0 aliphatic carbocycles. The summed E-state index contributed by atoms with van der Waals surface area (Å²) in [6, 6.07) is 0. The van der Waals surface area contributed by atoms with Crippen molar-refractivity contribution < 1.29 is 28.4 Å². The third-order valence-electron chi connectivity index (χ3n) is 2.29. The number of carbonyl (C=O) groups excluding carboxylic acids is 2. The zero-order valence-corrected chi connectivity index (χ0v) is 10.3. The van der Waals surface area contributed by atoms with E-state index in [0.717, 1.165) is 0 Å². The molecule has 1 heterocycles. The van der Waals surface area contributed by atoms with Gasteiger partial charge in [0.2, 0.25) is 0 Å². The fourth-order valence-corrected chi connectivity index (χ4v) is 1.51. The molecule has 7 heteroatoms. The summed E-state index contributed by atoms with van der Waals surface area (Å²) in [4.78, 5) is 21.7. The predicted molar refractivity (Wildman–Crippen MR) is 59.2 cm³/mol. The number of carbonyl (C=O) groups is 2. The largest absolute Gasteiger partial charge is 0.463 e. The lowest BCUT2D eigenvalue weighted by Gasteiger charge is -2.33. The average Bonchev–Trinajstić information content (AvgIpc) is 2.27. The second kappa shape index (κ2) is 6.61. The predicted octanol–water partition coefficient (Wildman–Crippen LogP) is 0.405. The molecule has 0 saturated carbocycles. The minimum atomic E-state index is -0.533. The maximum Gasteiger partial charge on any atom is 0.457 e. The zero-order chi connectivity index (χ0) is 12.8. The lowest BCUT2D eigenvalue weighted by atomic mass is 9.83. The number of hydrogen-bond donors (Lipinski definition) is 0. The fourth-order valence-electron chi connectivity index (χ4n) is 1.51. The van der Waals surface area contributed by atoms with Crippen LogP contribution in [0.2, 0.25) is 6.32 Å². The van der Waals surface area contributed by atoms with E-state index in [1.807, 2.05) is 6.92 Å². The van der Waals surface area contributed by atoms with Gasteiger partial charge in [0.05, 0.1) is 6.61 Å². The Balaban J connectivity index is 2.54. The van der Waals surface area contributed by atoms with Crippen LogP contribution in [0, 0.1) is 0 Å². The lowest BCUT2D eigenvalue weighted by Crippen LogP contribution is -2.50. The summed E-state index contributed by atoms with van der Waals surface area (Å²) in [7, 11) is -0.345. The molecule has 1 saturated heterocycles. The number of ether oxygens (including phenoxy) is 2. The lowest BCUT2D eigenvalue weighted by molar-refractivity contribution is -0.165. The van der Waals surface area contributed by atoms with Crippen molar-refractivity contribution in [1.82, 2.24) is 0 Å². The molecule has 0 spiro atoms. The van der Waals surface area contributed by atoms with Crippen molar-refractivity contribution in [1.29, 1.82) is 0 Å². The van der Waals surface area contributed by atoms with Crippen LogP contribution in [-0.4, -0.2) is 44.5 Å². The second-order valence-corrected chi connectivity index (χ2v) is 3.80. The van der Waals surface area contributed by atoms with Crippen molar-refractivity contribution in [3.63, 3.8) is 0 Å². The van der Waals surface area contributed by atoms with Gasteiger partial charge in [0.15, 0.2) is 6.10 Å². The topological polar surface area (TPSA) is 71.1 Å². The van der Waals surface area contributed by atoms with Crippen molar-refractivity contribution in [3.8, 4) is 0 Å². The van der Waals surface area contributed by atoms with Crippen LogP contribution in [0.1, 0.15) is 20.8 Å². The summed E-state index contributed by atoms with van der Waals surface area (Å²) < 4.78 is 20.8. The van der Waals surface area contributed by atoms with Gasteiger partial charge < -0.3 is 18.8 Å². The Bertz CT molecular complexity index is 282. The third-order valence-corrected chi connectivity index (χ3v) is 2.29. The summed E-state index contributed by atoms with van der Waals surface area (Å²) in [5.74, 6) is -0.806. The van der Waals surface area contributed by atoms with Crippen molar-refractivity contribution in [3.05, 3.63) is 0 Å². The first kappa shape index (κ1) is 14.0. The van der Waals surface area contributed by atoms with Crippen LogP contribution in [0.5, 0.6) is 0 Å². The van der Waals surface area contributed by atoms with Gasteiger partial charge in [-0.05, 0) is 6.32 Å². The SMILES string of the molecule is CCB1OC[C@@H](OC(C)=O)[C@@H](COC(C)=O)O1. The molecule has 0 amide bonds. The van der Waals surface area contributed by atoms with E-state index in [4.69, 9.17) is 18.8 Å². The molecule has 2 atom stereocenters. The zero-order valence-electron chi connectivity index (χ0n) is 10.3. The first-order valence-electron chi connectivity index (χ1n) is 5.60. The highest BCUT2D eigenvalue weighted by atomic mass is 16.7. The van der Waals surface area contributed by atoms with Gasteiger partial charge in [-0.1, -0.05) is 6.92 Å². The summed E-state index contributed by atoms with van der Waals surface area (Å²) in [5, 5.41) is 0. The number of hydrogen-bond acceptors (Lipinski definition) is 6. The molecule has 0 radical (unpaired) electrons. The first-order valence-corrected chi connectivity index (χ1v) is 5.60. The molecule has 96 valence electrons. The van der Waals surface area contributed by atoms with Crippen molar-refractivity contribution in [2.24, 2.45) is 0 Å². The van der Waals surface area contributed by atoms with Crippen LogP contribution in [0.15, 0.2) is 0 Å². The number of esters is 2. The fraction of sp³-hybridized carbons (Fsp3) is 0.800. The van der Waals surface area contributed by atoms with E-state index in [9.17, 15) is 9.59 Å². The van der Waals surface area contributed by atoms with Crippen LogP contribution >= 0.6 is 0 Å². The highest BCUT2D eigenvalue weighted by Crippen LogP contribution is 2.16. The highest BCUT2D eigenvalue weighted by molar-refractivity contribution is 6.44. The van der Waals surface area contributed by atoms with Gasteiger partial charge in [-0.15, -0.1) is 0 Å². The van der Waals surface area contributed by atoms with Gasteiger partial charge in [-0.2, -0.15) is 0 Å². The van der Waals surface area contributed by atoms with Crippen LogP contribution < -0.4 is 0 Å². The molecule has 0 aromatic carbocycles. The Morgan fingerprint density at radius 1 is 1.35 bits per heavy atom. The monoisotopic (exact) mass is 244 g/mol. The van der Waals surface area contributed by atoms with E-state index in [2.05, 4.69) is 0 Å². The summed E-state index contributed by atoms with van der Waals surface area (Å²) in [6.45, 7) is 4.86. The van der Waals surface area contributed by atoms with E-state index in [1.165, 1.54) is 13.8 Å². The van der Waals surface area contributed by atoms with Crippen LogP contribution in [0.25, 0.3) is 0 Å². The average molecular weight is 244 g/mol. The van der Waals surface area contributed by atoms with Crippen LogP contribution in [0.3, 0.4) is 0 Å². The molecule has 0 bridgehead atoms. The minimum absolute atomic E-state index is 0.0626. The molecule has 6 nitrogen and oxygen atoms in total. The quantitative estimate of drug-likeness (QED) is 0.526. The van der Waals surface area contributed by atoms with Gasteiger partial charge in [0.1, 0.15) is 12.7 Å². The van der Waals surface area contributed by atoms with Crippen LogP contribution in [-0.2, 0) is 28.4 Å². The molecule has 0 aromatic rings. The van der Waals surface area contributed by atoms with Crippen molar-refractivity contribution in [2.75, 3.05) is 13.2 Å². The molecular formula is C10H17BO6. The Labute approximate surface area is 101 Å². The Kier molecular flexibility index (Phi) is 5.44. The molecule has 1 aliphatic heterocycles. The molecule has 0 N–H and O–H groups in total. The van der Waals surface area contributed by atoms with E-state index in [1.54, 1.807) is 0 Å². The Morgan fingerprint density at radius 3 is 2.59 bits per heavy atom. The van der Waals surface area contributed by atoms with Gasteiger partial charge >= 0.3 is 19.1 Å². The van der Waals surface area contributed by atoms with E-state index < -0.39 is 24.1 Å². The maximum atomic E-state index is 10.9. The second-order valence-electron chi connectivity index (χ2n) is 3.80. The highest BCUT2D eigenvalue weighted by Gasteiger charge is 2.36. The van der Waals surface area contributed by atoms with E-state index in [0.29, 0.717) is 6.32 Å². The van der Waals surface area contributed by atoms with Gasteiger partial charge in [0.25, 0.3) is 0 Å². The molecule has 0 aromatic heterocycles. The van der Waals surface area contributed by atoms with Gasteiger partial charge in [-0.25, -0.2) is 0 Å². The molecule has 1 rings (SSSR count). The minimum Gasteiger partial charge on any atom is -0.463 e. The van der Waals surface area contributed by atoms with Crippen LogP contribution in [0.4, 0.5) is 0 Å². The summed E-state index contributed by atoms with van der Waals surface area (Å²) >= 11 is 0. The Hall–Kier alpha value is -1.08. The summed E-state index contributed by atoms with van der Waals surface area (Å²) in [6.07, 6.45) is -0.320. The summed E-state index contributed by atoms with van der Waals surface area (Å²) in [5.41, 5.74) is 0. The number of rotatable bonds is 4. The van der Waals surface area contributed by atoms with E-state index in [-0.39, 0.29) is 20.3 Å². The Morgan fingerprint density at radius 2 is 2.06 bits per heavy atom. The molecule has 17 heavy (non-hydrogen) atoms. The normalized spacial score (nSPS) is 24.3. The van der Waals surface area contributed by atoms with Crippen molar-refractivity contribution >= 4 is 19.1 Å². The van der Waals surface area contributed by atoms with Crippen molar-refractivity contribution in [2.45, 2.75) is 39.3 Å². The first-order chi connectivity index (χ1) is 8.02. The van der Waals surface area contributed by atoms with Gasteiger partial charge in [0, 0.05) is 13.8 Å². The standard InChI is InChI=1S/C10H17BO6/c1-4-11-15-6-9(16-8(3)13)10(17-11)5-14-7(2)12/h9-10H,4-6H2,1-3H3/t9-,10-/m1/s1. The van der Waals surface area contributed by atoms with Gasteiger partial charge in [-0.3, -0.25) is 9.59 Å². The third kappa shape index (κ3) is 4.74. The molecule has 0 unspecified atom stereocenters. The van der Waals surface area contributed by atoms with E-state index >= 15 is 0 Å². The molecular weight excluding hydrogens is 227 g/mol. The smallest absolute Gasteiger partial charge is 0.457 e. The molecule has 1 aliphatic rings. The maximum absolute atomic E-state index is 10.9.